The Labute approximate surface area is 119 Å². The van der Waals surface area contributed by atoms with Crippen LogP contribution < -0.4 is 5.32 Å². The van der Waals surface area contributed by atoms with E-state index < -0.39 is 0 Å². The number of nitrogens with zero attached hydrogens (tertiary/aromatic N) is 1. The van der Waals surface area contributed by atoms with E-state index in [-0.39, 0.29) is 11.9 Å². The van der Waals surface area contributed by atoms with Crippen molar-refractivity contribution >= 4 is 5.91 Å². The molecule has 0 radical (unpaired) electrons. The SMILES string of the molecule is COCCC(=O)N[C@H](C)c1ccc(-n2cccc2)cc1. The van der Waals surface area contributed by atoms with Crippen molar-refractivity contribution in [3.8, 4) is 5.69 Å². The second kappa shape index (κ2) is 6.91. The average Bonchev–Trinajstić information content (AvgIpc) is 2.99. The third kappa shape index (κ3) is 3.71. The van der Waals surface area contributed by atoms with Gasteiger partial charge < -0.3 is 14.6 Å². The van der Waals surface area contributed by atoms with Gasteiger partial charge >= 0.3 is 0 Å². The summed E-state index contributed by atoms with van der Waals surface area (Å²) >= 11 is 0. The Balaban J connectivity index is 1.97. The predicted octanol–water partition coefficient (Wildman–Crippen LogP) is 2.69. The molecule has 1 aromatic carbocycles. The summed E-state index contributed by atoms with van der Waals surface area (Å²) in [6.45, 7) is 2.43. The van der Waals surface area contributed by atoms with E-state index in [1.54, 1.807) is 7.11 Å². The van der Waals surface area contributed by atoms with Crippen molar-refractivity contribution in [3.63, 3.8) is 0 Å². The summed E-state index contributed by atoms with van der Waals surface area (Å²) in [5, 5.41) is 2.96. The standard InChI is InChI=1S/C16H20N2O2/c1-13(17-16(19)9-12-20-2)14-5-7-15(8-6-14)18-10-3-4-11-18/h3-8,10-11,13H,9,12H2,1-2H3,(H,17,19)/t13-/m1/s1. The number of hydrogen-bond donors (Lipinski definition) is 1. The molecule has 0 fully saturated rings. The summed E-state index contributed by atoms with van der Waals surface area (Å²) in [6, 6.07) is 12.2. The van der Waals surface area contributed by atoms with Gasteiger partial charge in [-0.2, -0.15) is 0 Å². The van der Waals surface area contributed by atoms with Crippen LogP contribution in [0.5, 0.6) is 0 Å². The molecule has 1 amide bonds. The molecule has 1 N–H and O–H groups in total. The zero-order chi connectivity index (χ0) is 14.4. The molecule has 1 aromatic heterocycles. The second-order valence-electron chi connectivity index (χ2n) is 4.71. The van der Waals surface area contributed by atoms with Crippen molar-refractivity contribution in [1.82, 2.24) is 9.88 Å². The fourth-order valence-electron chi connectivity index (χ4n) is 2.03. The van der Waals surface area contributed by atoms with Crippen LogP contribution in [0.1, 0.15) is 24.9 Å². The van der Waals surface area contributed by atoms with Crippen LogP contribution in [0.15, 0.2) is 48.8 Å². The molecule has 2 rings (SSSR count). The number of rotatable bonds is 6. The van der Waals surface area contributed by atoms with E-state index in [1.807, 2.05) is 60.3 Å². The van der Waals surface area contributed by atoms with Gasteiger partial charge in [0.05, 0.1) is 12.6 Å². The lowest BCUT2D eigenvalue weighted by atomic mass is 10.1. The number of methoxy groups -OCH3 is 1. The molecule has 0 bridgehead atoms. The van der Waals surface area contributed by atoms with Gasteiger partial charge in [-0.25, -0.2) is 0 Å². The van der Waals surface area contributed by atoms with Crippen LogP contribution in [0.3, 0.4) is 0 Å². The highest BCUT2D eigenvalue weighted by molar-refractivity contribution is 5.76. The lowest BCUT2D eigenvalue weighted by Gasteiger charge is -2.15. The molecule has 4 heteroatoms. The Morgan fingerprint density at radius 2 is 1.90 bits per heavy atom. The van der Waals surface area contributed by atoms with Crippen LogP contribution >= 0.6 is 0 Å². The largest absolute Gasteiger partial charge is 0.384 e. The van der Waals surface area contributed by atoms with E-state index in [0.717, 1.165) is 11.3 Å². The molecule has 0 saturated heterocycles. The summed E-state index contributed by atoms with van der Waals surface area (Å²) in [5.41, 5.74) is 2.20. The van der Waals surface area contributed by atoms with Gasteiger partial charge in [-0.05, 0) is 36.8 Å². The summed E-state index contributed by atoms with van der Waals surface area (Å²) < 4.78 is 6.94. The molecule has 0 saturated carbocycles. The first kappa shape index (κ1) is 14.3. The van der Waals surface area contributed by atoms with Crippen LogP contribution in [0.25, 0.3) is 5.69 Å². The Bertz CT molecular complexity index is 532. The van der Waals surface area contributed by atoms with Gasteiger partial charge in [0.15, 0.2) is 0 Å². The average molecular weight is 272 g/mol. The highest BCUT2D eigenvalue weighted by Crippen LogP contribution is 2.16. The zero-order valence-corrected chi connectivity index (χ0v) is 11.9. The molecule has 0 spiro atoms. The third-order valence-electron chi connectivity index (χ3n) is 3.21. The zero-order valence-electron chi connectivity index (χ0n) is 11.9. The molecule has 0 aliphatic rings. The number of benzene rings is 1. The summed E-state index contributed by atoms with van der Waals surface area (Å²) in [5.74, 6) is 0.00818. The first-order valence-corrected chi connectivity index (χ1v) is 6.72. The van der Waals surface area contributed by atoms with Crippen LogP contribution in [0, 0.1) is 0 Å². The molecule has 0 aliphatic carbocycles. The highest BCUT2D eigenvalue weighted by Gasteiger charge is 2.09. The molecule has 1 heterocycles. The van der Waals surface area contributed by atoms with Gasteiger partial charge in [-0.1, -0.05) is 12.1 Å². The van der Waals surface area contributed by atoms with E-state index >= 15 is 0 Å². The number of carbonyl (C=O) groups is 1. The Morgan fingerprint density at radius 1 is 1.25 bits per heavy atom. The van der Waals surface area contributed by atoms with Gasteiger partial charge in [0, 0.05) is 31.6 Å². The first-order valence-electron chi connectivity index (χ1n) is 6.72. The molecule has 0 aliphatic heterocycles. The number of carbonyl (C=O) groups excluding carboxylic acids is 1. The van der Waals surface area contributed by atoms with Gasteiger partial charge in [0.1, 0.15) is 0 Å². The molecule has 20 heavy (non-hydrogen) atoms. The van der Waals surface area contributed by atoms with Crippen molar-refractivity contribution in [2.75, 3.05) is 13.7 Å². The topological polar surface area (TPSA) is 43.3 Å². The maximum Gasteiger partial charge on any atom is 0.222 e. The number of ether oxygens (including phenoxy) is 1. The molecule has 1 atom stereocenters. The van der Waals surface area contributed by atoms with E-state index in [9.17, 15) is 4.79 Å². The Morgan fingerprint density at radius 3 is 2.50 bits per heavy atom. The minimum atomic E-state index is -0.00179. The third-order valence-corrected chi connectivity index (χ3v) is 3.21. The lowest BCUT2D eigenvalue weighted by molar-refractivity contribution is -0.122. The fraction of sp³-hybridized carbons (Fsp3) is 0.312. The lowest BCUT2D eigenvalue weighted by Crippen LogP contribution is -2.27. The van der Waals surface area contributed by atoms with Crippen LogP contribution in [0.2, 0.25) is 0 Å². The molecule has 106 valence electrons. The normalized spacial score (nSPS) is 12.1. The molecule has 4 nitrogen and oxygen atoms in total. The van der Waals surface area contributed by atoms with Gasteiger partial charge in [0.2, 0.25) is 5.91 Å². The van der Waals surface area contributed by atoms with Crippen molar-refractivity contribution in [2.24, 2.45) is 0 Å². The fourth-order valence-corrected chi connectivity index (χ4v) is 2.03. The van der Waals surface area contributed by atoms with Crippen molar-refractivity contribution in [1.29, 1.82) is 0 Å². The monoisotopic (exact) mass is 272 g/mol. The van der Waals surface area contributed by atoms with Crippen molar-refractivity contribution < 1.29 is 9.53 Å². The first-order chi connectivity index (χ1) is 9.70. The van der Waals surface area contributed by atoms with E-state index in [2.05, 4.69) is 5.32 Å². The molecular formula is C16H20N2O2. The number of hydrogen-bond acceptors (Lipinski definition) is 2. The van der Waals surface area contributed by atoms with E-state index in [1.165, 1.54) is 0 Å². The quantitative estimate of drug-likeness (QED) is 0.878. The van der Waals surface area contributed by atoms with E-state index in [0.29, 0.717) is 13.0 Å². The Hall–Kier alpha value is -2.07. The second-order valence-corrected chi connectivity index (χ2v) is 4.71. The molecule has 2 aromatic rings. The number of aromatic nitrogens is 1. The molecule has 0 unspecified atom stereocenters. The summed E-state index contributed by atoms with van der Waals surface area (Å²) in [7, 11) is 1.59. The van der Waals surface area contributed by atoms with E-state index in [4.69, 9.17) is 4.74 Å². The minimum absolute atomic E-state index is 0.00179. The molecular weight excluding hydrogens is 252 g/mol. The van der Waals surface area contributed by atoms with Crippen molar-refractivity contribution in [3.05, 3.63) is 54.4 Å². The van der Waals surface area contributed by atoms with Crippen LogP contribution in [-0.2, 0) is 9.53 Å². The summed E-state index contributed by atoms with van der Waals surface area (Å²) in [4.78, 5) is 11.6. The maximum atomic E-state index is 11.6. The van der Waals surface area contributed by atoms with Crippen molar-refractivity contribution in [2.45, 2.75) is 19.4 Å². The van der Waals surface area contributed by atoms with Crippen LogP contribution in [-0.4, -0.2) is 24.2 Å². The van der Waals surface area contributed by atoms with Gasteiger partial charge in [-0.15, -0.1) is 0 Å². The minimum Gasteiger partial charge on any atom is -0.384 e. The maximum absolute atomic E-state index is 11.6. The highest BCUT2D eigenvalue weighted by atomic mass is 16.5. The summed E-state index contributed by atoms with van der Waals surface area (Å²) in [6.07, 6.45) is 4.40. The number of nitrogens with one attached hydrogen (secondary N) is 1. The van der Waals surface area contributed by atoms with Crippen LogP contribution in [0.4, 0.5) is 0 Å². The van der Waals surface area contributed by atoms with Gasteiger partial charge in [0.25, 0.3) is 0 Å². The number of amides is 1. The predicted molar refractivity (Wildman–Crippen MR) is 78.8 cm³/mol. The van der Waals surface area contributed by atoms with Gasteiger partial charge in [-0.3, -0.25) is 4.79 Å². The smallest absolute Gasteiger partial charge is 0.222 e. The Kier molecular flexibility index (Phi) is 4.96.